The first-order valence-corrected chi connectivity index (χ1v) is 11.0. The van der Waals surface area contributed by atoms with Gasteiger partial charge in [0.15, 0.2) is 0 Å². The molecule has 4 rings (SSSR count). The molecule has 3 aromatic rings. The Labute approximate surface area is 174 Å². The molecule has 1 N–H and O–H groups in total. The maximum absolute atomic E-state index is 12.6. The van der Waals surface area contributed by atoms with E-state index in [2.05, 4.69) is 34.3 Å². The summed E-state index contributed by atoms with van der Waals surface area (Å²) in [6.45, 7) is 4.66. The summed E-state index contributed by atoms with van der Waals surface area (Å²) in [7, 11) is 0. The number of anilines is 1. The van der Waals surface area contributed by atoms with E-state index in [4.69, 9.17) is 0 Å². The van der Waals surface area contributed by atoms with Crippen LogP contribution in [0.5, 0.6) is 0 Å². The van der Waals surface area contributed by atoms with E-state index in [9.17, 15) is 9.59 Å². The number of carbonyl (C=O) groups is 1. The zero-order chi connectivity index (χ0) is 20.2. The number of aryl methyl sites for hydroxylation is 1. The fourth-order valence-electron chi connectivity index (χ4n) is 3.72. The molecule has 0 aliphatic carbocycles. The topological polar surface area (TPSA) is 67.2 Å². The van der Waals surface area contributed by atoms with Gasteiger partial charge < -0.3 is 10.2 Å². The van der Waals surface area contributed by atoms with Crippen molar-refractivity contribution in [1.29, 1.82) is 0 Å². The molecule has 0 atom stereocenters. The number of benzene rings is 1. The Kier molecular flexibility index (Phi) is 5.94. The van der Waals surface area contributed by atoms with Crippen LogP contribution >= 0.6 is 11.3 Å². The summed E-state index contributed by atoms with van der Waals surface area (Å²) in [6, 6.07) is 10.2. The number of hydrogen-bond acceptors (Lipinski definition) is 5. The van der Waals surface area contributed by atoms with Crippen LogP contribution in [0.2, 0.25) is 0 Å². The lowest BCUT2D eigenvalue weighted by atomic mass is 10.1. The van der Waals surface area contributed by atoms with Gasteiger partial charge in [-0.05, 0) is 49.4 Å². The van der Waals surface area contributed by atoms with Crippen molar-refractivity contribution in [2.24, 2.45) is 0 Å². The number of nitrogens with zero attached hydrogens (tertiary/aromatic N) is 3. The molecule has 2 aromatic heterocycles. The van der Waals surface area contributed by atoms with E-state index in [0.717, 1.165) is 34.8 Å². The number of nitrogens with one attached hydrogen (secondary N) is 1. The van der Waals surface area contributed by atoms with Crippen LogP contribution in [0.15, 0.2) is 41.5 Å². The van der Waals surface area contributed by atoms with Crippen molar-refractivity contribution in [2.75, 3.05) is 18.0 Å². The highest BCUT2D eigenvalue weighted by Crippen LogP contribution is 2.22. The SMILES string of the molecule is CCc1cc2c(=O)n(CC(=O)NCc3cccc(N4CCCCC4)c3)cnc2s1. The Morgan fingerprint density at radius 2 is 2.03 bits per heavy atom. The average molecular weight is 411 g/mol. The van der Waals surface area contributed by atoms with Gasteiger partial charge in [-0.25, -0.2) is 4.98 Å². The summed E-state index contributed by atoms with van der Waals surface area (Å²) in [6.07, 6.45) is 6.11. The van der Waals surface area contributed by atoms with Gasteiger partial charge >= 0.3 is 0 Å². The molecule has 6 nitrogen and oxygen atoms in total. The first-order valence-electron chi connectivity index (χ1n) is 10.2. The van der Waals surface area contributed by atoms with E-state index in [1.807, 2.05) is 18.2 Å². The maximum atomic E-state index is 12.6. The van der Waals surface area contributed by atoms with Crippen molar-refractivity contribution in [1.82, 2.24) is 14.9 Å². The monoisotopic (exact) mass is 410 g/mol. The predicted octanol–water partition coefficient (Wildman–Crippen LogP) is 3.33. The summed E-state index contributed by atoms with van der Waals surface area (Å²) in [5.74, 6) is -0.192. The summed E-state index contributed by atoms with van der Waals surface area (Å²) in [5.41, 5.74) is 2.12. The van der Waals surface area contributed by atoms with Gasteiger partial charge in [-0.1, -0.05) is 19.1 Å². The molecule has 1 aliphatic rings. The molecule has 0 radical (unpaired) electrons. The van der Waals surface area contributed by atoms with Crippen LogP contribution in [0.1, 0.15) is 36.6 Å². The minimum absolute atomic E-state index is 0.0229. The van der Waals surface area contributed by atoms with Crippen LogP contribution in [0, 0.1) is 0 Å². The number of aromatic nitrogens is 2. The van der Waals surface area contributed by atoms with Crippen LogP contribution < -0.4 is 15.8 Å². The Morgan fingerprint density at radius 1 is 1.21 bits per heavy atom. The molecular formula is C22H26N4O2S. The number of thiophene rings is 1. The normalized spacial score (nSPS) is 14.3. The first-order chi connectivity index (χ1) is 14.1. The average Bonchev–Trinajstić information content (AvgIpc) is 3.19. The van der Waals surface area contributed by atoms with Gasteiger partial charge in [0.05, 0.1) is 11.7 Å². The van der Waals surface area contributed by atoms with Crippen LogP contribution in [-0.4, -0.2) is 28.5 Å². The molecule has 1 amide bonds. The highest BCUT2D eigenvalue weighted by molar-refractivity contribution is 7.18. The van der Waals surface area contributed by atoms with E-state index >= 15 is 0 Å². The quantitative estimate of drug-likeness (QED) is 0.677. The molecule has 1 saturated heterocycles. The third kappa shape index (κ3) is 4.50. The summed E-state index contributed by atoms with van der Waals surface area (Å²) < 4.78 is 1.38. The summed E-state index contributed by atoms with van der Waals surface area (Å²) >= 11 is 1.53. The smallest absolute Gasteiger partial charge is 0.262 e. The molecule has 0 spiro atoms. The molecule has 3 heterocycles. The van der Waals surface area contributed by atoms with Crippen molar-refractivity contribution in [3.05, 3.63) is 57.5 Å². The van der Waals surface area contributed by atoms with Gasteiger partial charge in [0.2, 0.25) is 5.91 Å². The molecular weight excluding hydrogens is 384 g/mol. The highest BCUT2D eigenvalue weighted by atomic mass is 32.1. The van der Waals surface area contributed by atoms with Crippen LogP contribution in [-0.2, 0) is 24.3 Å². The van der Waals surface area contributed by atoms with Gasteiger partial charge in [0.25, 0.3) is 5.56 Å². The molecule has 1 fully saturated rings. The largest absolute Gasteiger partial charge is 0.372 e. The summed E-state index contributed by atoms with van der Waals surface area (Å²) in [5, 5.41) is 3.52. The first kappa shape index (κ1) is 19.6. The van der Waals surface area contributed by atoms with Gasteiger partial charge in [-0.15, -0.1) is 11.3 Å². The molecule has 0 unspecified atom stereocenters. The Balaban J connectivity index is 1.40. The molecule has 29 heavy (non-hydrogen) atoms. The van der Waals surface area contributed by atoms with Gasteiger partial charge in [0.1, 0.15) is 11.4 Å². The maximum Gasteiger partial charge on any atom is 0.262 e. The van der Waals surface area contributed by atoms with Gasteiger partial charge in [0, 0.05) is 30.2 Å². The molecule has 1 aliphatic heterocycles. The second kappa shape index (κ2) is 8.78. The van der Waals surface area contributed by atoms with Crippen molar-refractivity contribution in [2.45, 2.75) is 45.7 Å². The second-order valence-corrected chi connectivity index (χ2v) is 8.57. The predicted molar refractivity (Wildman–Crippen MR) is 118 cm³/mol. The number of fused-ring (bicyclic) bond motifs is 1. The lowest BCUT2D eigenvalue weighted by Gasteiger charge is -2.29. The molecule has 1 aromatic carbocycles. The number of carbonyl (C=O) groups excluding carboxylic acids is 1. The van der Waals surface area contributed by atoms with Crippen molar-refractivity contribution in [3.8, 4) is 0 Å². The van der Waals surface area contributed by atoms with Crippen LogP contribution in [0.4, 0.5) is 5.69 Å². The van der Waals surface area contributed by atoms with E-state index in [1.165, 1.54) is 47.2 Å². The number of hydrogen-bond donors (Lipinski definition) is 1. The third-order valence-corrected chi connectivity index (χ3v) is 6.54. The molecule has 7 heteroatoms. The van der Waals surface area contributed by atoms with Gasteiger partial charge in [-0.2, -0.15) is 0 Å². The highest BCUT2D eigenvalue weighted by Gasteiger charge is 2.13. The third-order valence-electron chi connectivity index (χ3n) is 5.35. The minimum atomic E-state index is -0.192. The van der Waals surface area contributed by atoms with Crippen molar-refractivity contribution in [3.63, 3.8) is 0 Å². The Morgan fingerprint density at radius 3 is 2.83 bits per heavy atom. The fraction of sp³-hybridized carbons (Fsp3) is 0.409. The van der Waals surface area contributed by atoms with E-state index in [0.29, 0.717) is 11.9 Å². The summed E-state index contributed by atoms with van der Waals surface area (Å²) in [4.78, 5) is 33.7. The lowest BCUT2D eigenvalue weighted by Crippen LogP contribution is -2.32. The minimum Gasteiger partial charge on any atom is -0.372 e. The molecule has 152 valence electrons. The Hall–Kier alpha value is -2.67. The van der Waals surface area contributed by atoms with E-state index in [-0.39, 0.29) is 18.0 Å². The van der Waals surface area contributed by atoms with E-state index in [1.54, 1.807) is 0 Å². The lowest BCUT2D eigenvalue weighted by molar-refractivity contribution is -0.121. The second-order valence-electron chi connectivity index (χ2n) is 7.46. The zero-order valence-electron chi connectivity index (χ0n) is 16.7. The van der Waals surface area contributed by atoms with Crippen LogP contribution in [0.25, 0.3) is 10.2 Å². The Bertz CT molecular complexity index is 1070. The number of amides is 1. The van der Waals surface area contributed by atoms with Crippen molar-refractivity contribution >= 4 is 33.1 Å². The van der Waals surface area contributed by atoms with Crippen molar-refractivity contribution < 1.29 is 4.79 Å². The van der Waals surface area contributed by atoms with E-state index < -0.39 is 0 Å². The number of piperidine rings is 1. The standard InChI is InChI=1S/C22H26N4O2S/c1-2-18-12-19-21(29-18)24-15-26(22(19)28)14-20(27)23-13-16-7-6-8-17(11-16)25-9-4-3-5-10-25/h6-8,11-12,15H,2-5,9-10,13-14H2,1H3,(H,23,27). The fourth-order valence-corrected chi connectivity index (χ4v) is 4.65. The number of rotatable bonds is 6. The van der Waals surface area contributed by atoms with Crippen LogP contribution in [0.3, 0.4) is 0 Å². The van der Waals surface area contributed by atoms with Gasteiger partial charge in [-0.3, -0.25) is 14.2 Å². The molecule has 0 saturated carbocycles. The molecule has 0 bridgehead atoms. The zero-order valence-corrected chi connectivity index (χ0v) is 17.5.